The van der Waals surface area contributed by atoms with E-state index in [0.29, 0.717) is 6.42 Å². The predicted octanol–water partition coefficient (Wildman–Crippen LogP) is 0.493. The van der Waals surface area contributed by atoms with Crippen LogP contribution in [0.5, 0.6) is 0 Å². The minimum atomic E-state index is -1.20. The molecule has 13 heavy (non-hydrogen) atoms. The summed E-state index contributed by atoms with van der Waals surface area (Å²) < 4.78 is 0. The lowest BCUT2D eigenvalue weighted by atomic mass is 10.1. The third kappa shape index (κ3) is 2.29. The fourth-order valence-corrected chi connectivity index (χ4v) is 1.08. The van der Waals surface area contributed by atoms with Crippen LogP contribution >= 0.6 is 0 Å². The molecular weight excluding hydrogens is 168 g/mol. The smallest absolute Gasteiger partial charge is 0.0787 e. The number of aliphatic hydroxyl groups excluding tert-OH is 1. The van der Waals surface area contributed by atoms with Crippen LogP contribution in [-0.2, 0) is 0 Å². The average Bonchev–Trinajstić information content (AvgIpc) is 2.17. The maximum Gasteiger partial charge on any atom is 0.0787 e. The molecule has 0 aliphatic carbocycles. The Morgan fingerprint density at radius 3 is 2.38 bits per heavy atom. The second-order valence-corrected chi connectivity index (χ2v) is 2.83. The summed E-state index contributed by atoms with van der Waals surface area (Å²) in [4.78, 5) is 10.4. The van der Waals surface area contributed by atoms with Gasteiger partial charge in [0.1, 0.15) is 0 Å². The number of carboxylic acid groups (broad SMARTS) is 1. The van der Waals surface area contributed by atoms with Gasteiger partial charge in [0.2, 0.25) is 0 Å². The highest BCUT2D eigenvalue weighted by Gasteiger charge is 2.03. The Kier molecular flexibility index (Phi) is 3.03. The molecule has 0 saturated carbocycles. The van der Waals surface area contributed by atoms with E-state index in [1.165, 1.54) is 12.1 Å². The van der Waals surface area contributed by atoms with Gasteiger partial charge in [-0.1, -0.05) is 31.2 Å². The third-order valence-electron chi connectivity index (χ3n) is 1.92. The highest BCUT2D eigenvalue weighted by atomic mass is 16.4. The van der Waals surface area contributed by atoms with Gasteiger partial charge in [-0.2, -0.15) is 0 Å². The van der Waals surface area contributed by atoms with Crippen molar-refractivity contribution in [3.8, 4) is 0 Å². The minimum absolute atomic E-state index is 0.132. The van der Waals surface area contributed by atoms with Crippen molar-refractivity contribution in [2.75, 3.05) is 0 Å². The molecule has 0 aromatic heterocycles. The van der Waals surface area contributed by atoms with Crippen molar-refractivity contribution in [2.24, 2.45) is 0 Å². The molecule has 1 aromatic carbocycles. The van der Waals surface area contributed by atoms with Gasteiger partial charge in [0.25, 0.3) is 0 Å². The molecule has 1 atom stereocenters. The fourth-order valence-electron chi connectivity index (χ4n) is 1.08. The topological polar surface area (TPSA) is 60.4 Å². The standard InChI is InChI=1S/C10H12O3/c1-2-9(11)7-3-5-8(6-4-7)10(12)13/h3-6,9,11H,2H2,1H3,(H,12,13)/p-1. The van der Waals surface area contributed by atoms with E-state index in [4.69, 9.17) is 0 Å². The molecule has 0 aliphatic rings. The van der Waals surface area contributed by atoms with E-state index in [2.05, 4.69) is 0 Å². The number of rotatable bonds is 3. The molecule has 0 bridgehead atoms. The molecule has 3 heteroatoms. The minimum Gasteiger partial charge on any atom is -0.545 e. The van der Waals surface area contributed by atoms with Crippen molar-refractivity contribution in [3.63, 3.8) is 0 Å². The van der Waals surface area contributed by atoms with Crippen LogP contribution in [0.2, 0.25) is 0 Å². The van der Waals surface area contributed by atoms with Crippen LogP contribution < -0.4 is 5.11 Å². The lowest BCUT2D eigenvalue weighted by molar-refractivity contribution is -0.255. The maximum atomic E-state index is 10.4. The van der Waals surface area contributed by atoms with Crippen LogP contribution in [-0.4, -0.2) is 11.1 Å². The number of hydrogen-bond acceptors (Lipinski definition) is 3. The Labute approximate surface area is 76.6 Å². The summed E-state index contributed by atoms with van der Waals surface area (Å²) in [5.41, 5.74) is 0.861. The van der Waals surface area contributed by atoms with E-state index in [-0.39, 0.29) is 5.56 Å². The average molecular weight is 179 g/mol. The SMILES string of the molecule is CCC(O)c1ccc(C(=O)[O-])cc1. The van der Waals surface area contributed by atoms with E-state index < -0.39 is 12.1 Å². The maximum absolute atomic E-state index is 10.4. The molecule has 0 radical (unpaired) electrons. The lowest BCUT2D eigenvalue weighted by Crippen LogP contribution is -2.22. The molecule has 1 aromatic rings. The molecular formula is C10H11O3-. The summed E-state index contributed by atoms with van der Waals surface area (Å²) in [6.45, 7) is 1.86. The Bertz CT molecular complexity index is 290. The summed E-state index contributed by atoms with van der Waals surface area (Å²) in [6.07, 6.45) is 0.0980. The molecule has 0 heterocycles. The van der Waals surface area contributed by atoms with Gasteiger partial charge in [-0.3, -0.25) is 0 Å². The van der Waals surface area contributed by atoms with Crippen LogP contribution in [0.3, 0.4) is 0 Å². The number of benzene rings is 1. The summed E-state index contributed by atoms with van der Waals surface area (Å²) in [5, 5.41) is 19.8. The second kappa shape index (κ2) is 4.05. The summed E-state index contributed by atoms with van der Waals surface area (Å²) >= 11 is 0. The number of aliphatic hydroxyl groups is 1. The summed E-state index contributed by atoms with van der Waals surface area (Å²) in [5.74, 6) is -1.20. The molecule has 0 fully saturated rings. The Balaban J connectivity index is 2.87. The largest absolute Gasteiger partial charge is 0.545 e. The number of carboxylic acids is 1. The van der Waals surface area contributed by atoms with Crippen LogP contribution in [0.15, 0.2) is 24.3 Å². The van der Waals surface area contributed by atoms with Crippen LogP contribution in [0, 0.1) is 0 Å². The van der Waals surface area contributed by atoms with Gasteiger partial charge in [0.15, 0.2) is 0 Å². The van der Waals surface area contributed by atoms with Gasteiger partial charge in [-0.15, -0.1) is 0 Å². The molecule has 0 aliphatic heterocycles. The lowest BCUT2D eigenvalue weighted by Gasteiger charge is -2.08. The van der Waals surface area contributed by atoms with E-state index in [1.807, 2.05) is 6.92 Å². The molecule has 1 rings (SSSR count). The number of hydrogen-bond donors (Lipinski definition) is 1. The zero-order valence-electron chi connectivity index (χ0n) is 7.36. The highest BCUT2D eigenvalue weighted by Crippen LogP contribution is 2.16. The quantitative estimate of drug-likeness (QED) is 0.734. The van der Waals surface area contributed by atoms with Crippen molar-refractivity contribution in [2.45, 2.75) is 19.4 Å². The van der Waals surface area contributed by atoms with Gasteiger partial charge in [0, 0.05) is 0 Å². The molecule has 70 valence electrons. The second-order valence-electron chi connectivity index (χ2n) is 2.83. The number of aromatic carboxylic acids is 1. The normalized spacial score (nSPS) is 12.5. The van der Waals surface area contributed by atoms with Crippen molar-refractivity contribution in [3.05, 3.63) is 35.4 Å². The van der Waals surface area contributed by atoms with Gasteiger partial charge >= 0.3 is 0 Å². The van der Waals surface area contributed by atoms with Gasteiger partial charge in [-0.05, 0) is 17.5 Å². The number of carbonyl (C=O) groups excluding carboxylic acids is 1. The molecule has 1 N–H and O–H groups in total. The van der Waals surface area contributed by atoms with E-state index in [1.54, 1.807) is 12.1 Å². The van der Waals surface area contributed by atoms with Crippen molar-refractivity contribution < 1.29 is 15.0 Å². The molecule has 1 unspecified atom stereocenters. The Morgan fingerprint density at radius 1 is 1.46 bits per heavy atom. The van der Waals surface area contributed by atoms with Crippen molar-refractivity contribution in [1.29, 1.82) is 0 Å². The molecule has 3 nitrogen and oxygen atoms in total. The zero-order valence-corrected chi connectivity index (χ0v) is 7.36. The fraction of sp³-hybridized carbons (Fsp3) is 0.300. The first-order valence-corrected chi connectivity index (χ1v) is 4.14. The third-order valence-corrected chi connectivity index (χ3v) is 1.92. The van der Waals surface area contributed by atoms with Crippen molar-refractivity contribution in [1.82, 2.24) is 0 Å². The van der Waals surface area contributed by atoms with Gasteiger partial charge in [0.05, 0.1) is 12.1 Å². The van der Waals surface area contributed by atoms with E-state index >= 15 is 0 Å². The summed E-state index contributed by atoms with van der Waals surface area (Å²) in [6, 6.07) is 6.06. The predicted molar refractivity (Wildman–Crippen MR) is 46.0 cm³/mol. The molecule has 0 amide bonds. The first-order chi connectivity index (χ1) is 6.15. The number of carbonyl (C=O) groups is 1. The monoisotopic (exact) mass is 179 g/mol. The first kappa shape index (κ1) is 9.74. The van der Waals surface area contributed by atoms with E-state index in [0.717, 1.165) is 5.56 Å². The zero-order chi connectivity index (χ0) is 9.84. The molecule has 0 saturated heterocycles. The molecule has 0 spiro atoms. The highest BCUT2D eigenvalue weighted by molar-refractivity contribution is 5.85. The van der Waals surface area contributed by atoms with Crippen LogP contribution in [0.1, 0.15) is 35.4 Å². The van der Waals surface area contributed by atoms with Crippen LogP contribution in [0.4, 0.5) is 0 Å². The van der Waals surface area contributed by atoms with E-state index in [9.17, 15) is 15.0 Å². The summed E-state index contributed by atoms with van der Waals surface area (Å²) in [7, 11) is 0. The first-order valence-electron chi connectivity index (χ1n) is 4.14. The Morgan fingerprint density at radius 2 is 2.00 bits per heavy atom. The Hall–Kier alpha value is -1.35. The van der Waals surface area contributed by atoms with Crippen molar-refractivity contribution >= 4 is 5.97 Å². The van der Waals surface area contributed by atoms with Gasteiger partial charge < -0.3 is 15.0 Å². The van der Waals surface area contributed by atoms with Crippen LogP contribution in [0.25, 0.3) is 0 Å². The van der Waals surface area contributed by atoms with Gasteiger partial charge in [-0.25, -0.2) is 0 Å².